The fourth-order valence-corrected chi connectivity index (χ4v) is 1.11. The minimum absolute atomic E-state index is 0.0330. The highest BCUT2D eigenvalue weighted by Crippen LogP contribution is 1.94. The van der Waals surface area contributed by atoms with Crippen LogP contribution in [0.25, 0.3) is 0 Å². The first-order valence-corrected chi connectivity index (χ1v) is 3.76. The summed E-state index contributed by atoms with van der Waals surface area (Å²) >= 11 is 0. The van der Waals surface area contributed by atoms with Crippen LogP contribution in [0, 0.1) is 0 Å². The van der Waals surface area contributed by atoms with Crippen LogP contribution in [0.5, 0.6) is 0 Å². The van der Waals surface area contributed by atoms with Crippen LogP contribution in [0.4, 0.5) is 0 Å². The highest BCUT2D eigenvalue weighted by Gasteiger charge is 2.24. The van der Waals surface area contributed by atoms with E-state index in [1.54, 1.807) is 7.11 Å². The Morgan fingerprint density at radius 1 is 1.73 bits per heavy atom. The molecule has 1 amide bonds. The van der Waals surface area contributed by atoms with E-state index >= 15 is 0 Å². The molecule has 1 aliphatic rings. The summed E-state index contributed by atoms with van der Waals surface area (Å²) in [6, 6.07) is 0.0619. The number of hydrogen-bond donors (Lipinski definition) is 2. The van der Waals surface area contributed by atoms with Gasteiger partial charge in [0.2, 0.25) is 5.91 Å². The summed E-state index contributed by atoms with van der Waals surface area (Å²) in [5.74, 6) is 0.0330. The van der Waals surface area contributed by atoms with Crippen molar-refractivity contribution in [2.24, 2.45) is 0 Å². The number of ether oxygens (including phenoxy) is 1. The van der Waals surface area contributed by atoms with E-state index in [1.807, 2.05) is 6.92 Å². The fraction of sp³-hybridized carbons (Fsp3) is 0.857. The normalized spacial score (nSPS) is 31.6. The molecule has 64 valence electrons. The molecule has 0 radical (unpaired) electrons. The first kappa shape index (κ1) is 8.49. The van der Waals surface area contributed by atoms with Gasteiger partial charge in [-0.05, 0) is 6.92 Å². The van der Waals surface area contributed by atoms with Gasteiger partial charge in [0.05, 0.1) is 6.61 Å². The maximum atomic E-state index is 11.1. The van der Waals surface area contributed by atoms with Crippen LogP contribution in [0.3, 0.4) is 0 Å². The Kier molecular flexibility index (Phi) is 2.84. The molecule has 0 aromatic carbocycles. The molecule has 11 heavy (non-hydrogen) atoms. The van der Waals surface area contributed by atoms with Gasteiger partial charge >= 0.3 is 0 Å². The van der Waals surface area contributed by atoms with Gasteiger partial charge in [0.1, 0.15) is 6.04 Å². The van der Waals surface area contributed by atoms with Crippen molar-refractivity contribution in [3.63, 3.8) is 0 Å². The minimum Gasteiger partial charge on any atom is -0.383 e. The smallest absolute Gasteiger partial charge is 0.239 e. The van der Waals surface area contributed by atoms with Crippen LogP contribution >= 0.6 is 0 Å². The Bertz CT molecular complexity index is 149. The number of nitrogens with one attached hydrogen (secondary N) is 2. The minimum atomic E-state index is -0.170. The third-order valence-corrected chi connectivity index (χ3v) is 1.71. The predicted molar refractivity (Wildman–Crippen MR) is 41.3 cm³/mol. The number of methoxy groups -OCH3 is 1. The van der Waals surface area contributed by atoms with E-state index in [0.29, 0.717) is 6.61 Å². The molecule has 1 aliphatic heterocycles. The third kappa shape index (κ3) is 2.17. The second-order valence-electron chi connectivity index (χ2n) is 2.83. The molecule has 1 fully saturated rings. The number of hydrogen-bond acceptors (Lipinski definition) is 3. The van der Waals surface area contributed by atoms with E-state index < -0.39 is 0 Å². The monoisotopic (exact) mass is 158 g/mol. The highest BCUT2D eigenvalue weighted by atomic mass is 16.5. The molecule has 1 heterocycles. The Labute approximate surface area is 66.3 Å². The molecule has 0 aliphatic carbocycles. The van der Waals surface area contributed by atoms with Crippen LogP contribution < -0.4 is 10.6 Å². The van der Waals surface area contributed by atoms with Gasteiger partial charge in [-0.2, -0.15) is 0 Å². The Balaban J connectivity index is 2.38. The summed E-state index contributed by atoms with van der Waals surface area (Å²) in [6.07, 6.45) is 0. The summed E-state index contributed by atoms with van der Waals surface area (Å²) < 4.78 is 4.86. The maximum absolute atomic E-state index is 11.1. The van der Waals surface area contributed by atoms with Gasteiger partial charge in [-0.15, -0.1) is 0 Å². The molecular weight excluding hydrogens is 144 g/mol. The topological polar surface area (TPSA) is 50.4 Å². The van der Waals surface area contributed by atoms with E-state index in [2.05, 4.69) is 10.6 Å². The average molecular weight is 158 g/mol. The third-order valence-electron chi connectivity index (χ3n) is 1.71. The summed E-state index contributed by atoms with van der Waals surface area (Å²) in [5.41, 5.74) is 0. The van der Waals surface area contributed by atoms with E-state index in [9.17, 15) is 4.79 Å². The van der Waals surface area contributed by atoms with Crippen molar-refractivity contribution in [3.05, 3.63) is 0 Å². The number of carbonyl (C=O) groups excluding carboxylic acids is 1. The zero-order chi connectivity index (χ0) is 8.27. The number of piperazine rings is 1. The van der Waals surface area contributed by atoms with Gasteiger partial charge in [0, 0.05) is 19.7 Å². The maximum Gasteiger partial charge on any atom is 0.239 e. The number of amides is 1. The highest BCUT2D eigenvalue weighted by molar-refractivity contribution is 5.82. The Morgan fingerprint density at radius 3 is 3.00 bits per heavy atom. The van der Waals surface area contributed by atoms with Gasteiger partial charge in [0.25, 0.3) is 0 Å². The number of carbonyl (C=O) groups is 1. The molecule has 0 spiro atoms. The van der Waals surface area contributed by atoms with Crippen LogP contribution in [0.1, 0.15) is 6.92 Å². The van der Waals surface area contributed by atoms with Crippen molar-refractivity contribution in [2.75, 3.05) is 20.3 Å². The van der Waals surface area contributed by atoms with Crippen molar-refractivity contribution >= 4 is 5.91 Å². The van der Waals surface area contributed by atoms with Crippen molar-refractivity contribution in [3.8, 4) is 0 Å². The zero-order valence-electron chi connectivity index (χ0n) is 6.89. The van der Waals surface area contributed by atoms with Crippen LogP contribution in [0.15, 0.2) is 0 Å². The van der Waals surface area contributed by atoms with E-state index in [-0.39, 0.29) is 18.0 Å². The fourth-order valence-electron chi connectivity index (χ4n) is 1.11. The molecule has 4 heteroatoms. The lowest BCUT2D eigenvalue weighted by Gasteiger charge is -2.27. The van der Waals surface area contributed by atoms with Crippen LogP contribution in [-0.2, 0) is 9.53 Å². The van der Waals surface area contributed by atoms with E-state index in [0.717, 1.165) is 6.54 Å². The molecule has 4 nitrogen and oxygen atoms in total. The van der Waals surface area contributed by atoms with Crippen molar-refractivity contribution in [1.29, 1.82) is 0 Å². The molecule has 1 saturated heterocycles. The molecule has 1 rings (SSSR count). The summed E-state index contributed by atoms with van der Waals surface area (Å²) in [5, 5.41) is 5.92. The van der Waals surface area contributed by atoms with Gasteiger partial charge in [0.15, 0.2) is 0 Å². The molecule has 0 aromatic heterocycles. The van der Waals surface area contributed by atoms with Crippen LogP contribution in [0.2, 0.25) is 0 Å². The largest absolute Gasteiger partial charge is 0.383 e. The standard InChI is InChI=1S/C7H14N2O2/c1-5-3-8-6(4-11-2)7(10)9-5/h5-6,8H,3-4H2,1-2H3,(H,9,10). The molecule has 0 saturated carbocycles. The zero-order valence-corrected chi connectivity index (χ0v) is 6.89. The van der Waals surface area contributed by atoms with E-state index in [1.165, 1.54) is 0 Å². The van der Waals surface area contributed by atoms with Gasteiger partial charge < -0.3 is 15.4 Å². The second kappa shape index (κ2) is 3.69. The van der Waals surface area contributed by atoms with Crippen molar-refractivity contribution in [2.45, 2.75) is 19.0 Å². The summed E-state index contributed by atoms with van der Waals surface area (Å²) in [6.45, 7) is 3.23. The van der Waals surface area contributed by atoms with Crippen molar-refractivity contribution < 1.29 is 9.53 Å². The Morgan fingerprint density at radius 2 is 2.45 bits per heavy atom. The second-order valence-corrected chi connectivity index (χ2v) is 2.83. The molecule has 2 unspecified atom stereocenters. The lowest BCUT2D eigenvalue weighted by atomic mass is 10.2. The lowest BCUT2D eigenvalue weighted by molar-refractivity contribution is -0.126. The Hall–Kier alpha value is -0.610. The summed E-state index contributed by atoms with van der Waals surface area (Å²) in [7, 11) is 1.59. The van der Waals surface area contributed by atoms with Gasteiger partial charge in [-0.25, -0.2) is 0 Å². The average Bonchev–Trinajstić information content (AvgIpc) is 1.95. The van der Waals surface area contributed by atoms with Gasteiger partial charge in [-0.3, -0.25) is 4.79 Å². The quantitative estimate of drug-likeness (QED) is 0.548. The first-order chi connectivity index (χ1) is 5.24. The SMILES string of the molecule is COCC1NCC(C)NC1=O. The molecule has 2 N–H and O–H groups in total. The van der Waals surface area contributed by atoms with Crippen LogP contribution in [-0.4, -0.2) is 38.3 Å². The number of rotatable bonds is 2. The van der Waals surface area contributed by atoms with Crippen molar-refractivity contribution in [1.82, 2.24) is 10.6 Å². The lowest BCUT2D eigenvalue weighted by Crippen LogP contribution is -2.58. The molecule has 2 atom stereocenters. The molecule has 0 bridgehead atoms. The predicted octanol–water partition coefficient (Wildman–Crippen LogP) is -0.891. The van der Waals surface area contributed by atoms with E-state index in [4.69, 9.17) is 4.74 Å². The first-order valence-electron chi connectivity index (χ1n) is 3.76. The molecular formula is C7H14N2O2. The summed E-state index contributed by atoms with van der Waals surface area (Å²) in [4.78, 5) is 11.1. The molecule has 0 aromatic rings. The van der Waals surface area contributed by atoms with Gasteiger partial charge in [-0.1, -0.05) is 0 Å².